The van der Waals surface area contributed by atoms with Gasteiger partial charge >= 0.3 is 6.36 Å². The maximum Gasteiger partial charge on any atom is 0.573 e. The Bertz CT molecular complexity index is 1190. The van der Waals surface area contributed by atoms with Gasteiger partial charge in [0.1, 0.15) is 5.01 Å². The molecule has 14 heteroatoms. The van der Waals surface area contributed by atoms with Gasteiger partial charge in [0.25, 0.3) is 0 Å². The smallest absolute Gasteiger partial charge is 0.404 e. The van der Waals surface area contributed by atoms with Crippen LogP contribution in [0, 0.1) is 5.92 Å². The van der Waals surface area contributed by atoms with Crippen molar-refractivity contribution in [3.8, 4) is 5.75 Å². The summed E-state index contributed by atoms with van der Waals surface area (Å²) in [6, 6.07) is 3.47. The minimum atomic E-state index is -4.97. The van der Waals surface area contributed by atoms with Crippen LogP contribution >= 0.6 is 11.3 Å². The van der Waals surface area contributed by atoms with Crippen molar-refractivity contribution >= 4 is 33.8 Å². The summed E-state index contributed by atoms with van der Waals surface area (Å²) >= 11 is 1.28. The number of nitrogens with zero attached hydrogens (tertiary/aromatic N) is 5. The van der Waals surface area contributed by atoms with Crippen molar-refractivity contribution in [2.75, 3.05) is 63.1 Å². The molecule has 1 amide bonds. The van der Waals surface area contributed by atoms with E-state index in [9.17, 15) is 27.9 Å². The lowest BCUT2D eigenvalue weighted by atomic mass is 9.83. The minimum absolute atomic E-state index is 0.0120. The van der Waals surface area contributed by atoms with Crippen LogP contribution in [0.3, 0.4) is 0 Å². The third-order valence-corrected chi connectivity index (χ3v) is 8.28. The number of amides is 1. The Morgan fingerprint density at radius 2 is 1.77 bits per heavy atom. The number of ether oxygens (including phenoxy) is 1. The number of benzene rings is 1. The van der Waals surface area contributed by atoms with E-state index in [2.05, 4.69) is 30.1 Å². The number of nitrogens with one attached hydrogen (secondary N) is 1. The molecule has 1 aromatic carbocycles. The fourth-order valence-corrected chi connectivity index (χ4v) is 5.76. The molecule has 0 radical (unpaired) electrons. The van der Waals surface area contributed by atoms with Crippen molar-refractivity contribution in [3.05, 3.63) is 28.8 Å². The summed E-state index contributed by atoms with van der Waals surface area (Å²) in [5.41, 5.74) is -0.851. The number of piperazine rings is 1. The van der Waals surface area contributed by atoms with Crippen LogP contribution in [0.15, 0.2) is 18.2 Å². The Morgan fingerprint density at radius 3 is 2.40 bits per heavy atom. The average Bonchev–Trinajstić information content (AvgIpc) is 3.33. The monoisotopic (exact) mass is 584 g/mol. The number of likely N-dealkylation sites (N-methyl/N-ethyl adjacent to an activating group) is 1. The Balaban J connectivity index is 1.41. The van der Waals surface area contributed by atoms with E-state index in [4.69, 9.17) is 0 Å². The third-order valence-electron chi connectivity index (χ3n) is 7.30. The molecule has 0 bridgehead atoms. The van der Waals surface area contributed by atoms with Gasteiger partial charge in [-0.15, -0.1) is 23.4 Å². The maximum absolute atomic E-state index is 13.0. The summed E-state index contributed by atoms with van der Waals surface area (Å²) in [6.07, 6.45) is -3.43. The number of rotatable bonds is 9. The Hall–Kier alpha value is -2.81. The number of hydrogen-bond acceptors (Lipinski definition) is 10. The van der Waals surface area contributed by atoms with Crippen molar-refractivity contribution in [2.45, 2.75) is 45.1 Å². The van der Waals surface area contributed by atoms with Crippen LogP contribution < -0.4 is 15.0 Å². The normalized spacial score (nSPS) is 18.1. The second-order valence-electron chi connectivity index (χ2n) is 10.9. The first-order valence-corrected chi connectivity index (χ1v) is 14.0. The van der Waals surface area contributed by atoms with Gasteiger partial charge in [0.2, 0.25) is 11.0 Å². The van der Waals surface area contributed by atoms with E-state index in [-0.39, 0.29) is 35.9 Å². The fourth-order valence-electron chi connectivity index (χ4n) is 4.87. The Morgan fingerprint density at radius 1 is 1.10 bits per heavy atom. The van der Waals surface area contributed by atoms with Crippen LogP contribution in [0.1, 0.15) is 42.1 Å². The maximum atomic E-state index is 13.0. The largest absolute Gasteiger partial charge is 0.573 e. The van der Waals surface area contributed by atoms with Crippen LogP contribution in [-0.4, -0.2) is 102 Å². The Kier molecular flexibility index (Phi) is 9.33. The molecule has 2 aromatic rings. The molecule has 2 N–H and O–H groups in total. The van der Waals surface area contributed by atoms with Crippen LogP contribution in [0.2, 0.25) is 0 Å². The van der Waals surface area contributed by atoms with Gasteiger partial charge in [0.15, 0.2) is 11.5 Å². The molecule has 0 saturated carbocycles. The first-order chi connectivity index (χ1) is 18.8. The molecule has 2 fully saturated rings. The first kappa shape index (κ1) is 30.2. The van der Waals surface area contributed by atoms with Crippen LogP contribution in [0.5, 0.6) is 5.75 Å². The first-order valence-electron chi connectivity index (χ1n) is 13.2. The number of aliphatic hydroxyl groups is 1. The molecule has 2 aliphatic rings. The molecule has 40 heavy (non-hydrogen) atoms. The van der Waals surface area contributed by atoms with Gasteiger partial charge in [-0.2, -0.15) is 0 Å². The minimum Gasteiger partial charge on any atom is -0.404 e. The molecule has 2 aliphatic heterocycles. The zero-order chi connectivity index (χ0) is 29.1. The number of carbonyl (C=O) groups excluding carboxylic acids is 2. The topological polar surface area (TPSA) is 111 Å². The van der Waals surface area contributed by atoms with Crippen molar-refractivity contribution in [3.63, 3.8) is 0 Å². The van der Waals surface area contributed by atoms with Gasteiger partial charge in [-0.3, -0.25) is 14.5 Å². The molecular weight excluding hydrogens is 549 g/mol. The van der Waals surface area contributed by atoms with Gasteiger partial charge in [0, 0.05) is 44.8 Å². The molecule has 10 nitrogen and oxygen atoms in total. The summed E-state index contributed by atoms with van der Waals surface area (Å²) in [5.74, 6) is -1.28. The van der Waals surface area contributed by atoms with E-state index in [1.807, 2.05) is 25.8 Å². The summed E-state index contributed by atoms with van der Waals surface area (Å²) in [4.78, 5) is 31.8. The molecular formula is C26H35F3N6O4S. The Labute approximate surface area is 235 Å². The summed E-state index contributed by atoms with van der Waals surface area (Å²) in [5, 5.41) is 22.3. The molecule has 2 saturated heterocycles. The lowest BCUT2D eigenvalue weighted by molar-refractivity contribution is -0.274. The number of piperidine rings is 1. The summed E-state index contributed by atoms with van der Waals surface area (Å²) < 4.78 is 43.1. The van der Waals surface area contributed by atoms with Crippen LogP contribution in [0.4, 0.5) is 24.0 Å². The summed E-state index contributed by atoms with van der Waals surface area (Å²) in [7, 11) is 1.98. The number of hydrogen-bond donors (Lipinski definition) is 2. The number of ketones is 1. The molecule has 0 spiro atoms. The predicted molar refractivity (Wildman–Crippen MR) is 145 cm³/mol. The highest BCUT2D eigenvalue weighted by Crippen LogP contribution is 2.33. The number of Topliss-reactive ketones (excluding diaryl/α,β-unsaturated/α-hetero) is 1. The van der Waals surface area contributed by atoms with E-state index < -0.39 is 23.6 Å². The summed E-state index contributed by atoms with van der Waals surface area (Å²) in [6.45, 7) is 7.97. The van der Waals surface area contributed by atoms with Gasteiger partial charge in [0.05, 0.1) is 24.3 Å². The number of carbonyl (C=O) groups is 2. The van der Waals surface area contributed by atoms with Crippen molar-refractivity contribution in [2.24, 2.45) is 5.92 Å². The van der Waals surface area contributed by atoms with Crippen molar-refractivity contribution in [1.82, 2.24) is 20.0 Å². The number of alkyl halides is 3. The van der Waals surface area contributed by atoms with Gasteiger partial charge in [-0.05, 0) is 57.9 Å². The fraction of sp³-hybridized carbons (Fsp3) is 0.615. The van der Waals surface area contributed by atoms with Crippen LogP contribution in [-0.2, 0) is 11.2 Å². The van der Waals surface area contributed by atoms with Gasteiger partial charge in [-0.1, -0.05) is 11.3 Å². The van der Waals surface area contributed by atoms with E-state index in [0.717, 1.165) is 45.1 Å². The SMILES string of the molecule is CN1CCN(CC(=O)Nc2cc(C(=O)Cc3nnc(N4CCC(C(C)(C)O)CC4)s3)ccc2OC(F)(F)F)CC1. The molecule has 0 unspecified atom stereocenters. The van der Waals surface area contributed by atoms with Crippen molar-refractivity contribution in [1.29, 1.82) is 0 Å². The van der Waals surface area contributed by atoms with E-state index in [1.165, 1.54) is 23.5 Å². The molecule has 220 valence electrons. The van der Waals surface area contributed by atoms with E-state index in [0.29, 0.717) is 23.2 Å². The highest BCUT2D eigenvalue weighted by molar-refractivity contribution is 7.15. The van der Waals surface area contributed by atoms with E-state index >= 15 is 0 Å². The van der Waals surface area contributed by atoms with Crippen molar-refractivity contribution < 1.29 is 32.6 Å². The second-order valence-corrected chi connectivity index (χ2v) is 11.9. The predicted octanol–water partition coefficient (Wildman–Crippen LogP) is 3.04. The molecule has 0 atom stereocenters. The number of anilines is 2. The second kappa shape index (κ2) is 12.4. The van der Waals surface area contributed by atoms with Crippen LogP contribution in [0.25, 0.3) is 0 Å². The third kappa shape index (κ3) is 8.35. The number of aromatic nitrogens is 2. The van der Waals surface area contributed by atoms with E-state index in [1.54, 1.807) is 0 Å². The molecule has 3 heterocycles. The van der Waals surface area contributed by atoms with Gasteiger partial charge in [-0.25, -0.2) is 0 Å². The standard InChI is InChI=1S/C26H35F3N6O4S/c1-25(2,38)18-6-8-35(9-7-18)24-32-31-23(40-24)15-20(36)17-4-5-21(39-26(27,28)29)19(14-17)30-22(37)16-34-12-10-33(3)11-13-34/h4-5,14,18,38H,6-13,15-16H2,1-3H3,(H,30,37). The zero-order valence-electron chi connectivity index (χ0n) is 22.8. The zero-order valence-corrected chi connectivity index (χ0v) is 23.6. The average molecular weight is 585 g/mol. The molecule has 4 rings (SSSR count). The quantitative estimate of drug-likeness (QED) is 0.430. The lowest BCUT2D eigenvalue weighted by Crippen LogP contribution is -2.47. The number of halogens is 3. The highest BCUT2D eigenvalue weighted by Gasteiger charge is 2.33. The van der Waals surface area contributed by atoms with Gasteiger partial charge < -0.3 is 25.0 Å². The molecule has 0 aliphatic carbocycles. The molecule has 1 aromatic heterocycles. The lowest BCUT2D eigenvalue weighted by Gasteiger charge is -2.37. The highest BCUT2D eigenvalue weighted by atomic mass is 32.1.